The van der Waals surface area contributed by atoms with Gasteiger partial charge in [0.05, 0.1) is 0 Å². The predicted octanol–water partition coefficient (Wildman–Crippen LogP) is -2.52. The van der Waals surface area contributed by atoms with Gasteiger partial charge >= 0.3 is 0 Å². The molecule has 0 fully saturated rings. The third-order valence-corrected chi connectivity index (χ3v) is 1.55. The molecule has 0 aliphatic rings. The van der Waals surface area contributed by atoms with Gasteiger partial charge in [-0.05, 0) is 0 Å². The van der Waals surface area contributed by atoms with Crippen LogP contribution in [0.1, 0.15) is 23.9 Å². The highest BCUT2D eigenvalue weighted by Gasteiger charge is 2.27. The van der Waals surface area contributed by atoms with E-state index in [1.165, 1.54) is 0 Å². The van der Waals surface area contributed by atoms with E-state index in [-0.39, 0.29) is 11.6 Å². The molecule has 0 amide bonds. The van der Waals surface area contributed by atoms with E-state index in [9.17, 15) is 10.2 Å². The molecule has 0 radical (unpaired) electrons. The molecule has 10 heteroatoms. The molecule has 2 atom stereocenters. The minimum absolute atomic E-state index is 0.0395. The van der Waals surface area contributed by atoms with Gasteiger partial charge in [0.15, 0.2) is 12.2 Å². The first-order chi connectivity index (χ1) is 6.79. The van der Waals surface area contributed by atoms with Crippen LogP contribution in [-0.4, -0.2) is 51.5 Å². The van der Waals surface area contributed by atoms with Gasteiger partial charge in [-0.15, -0.1) is 20.4 Å². The summed E-state index contributed by atoms with van der Waals surface area (Å²) < 4.78 is 0. The molecule has 0 aromatic carbocycles. The second kappa shape index (κ2) is 3.43. The summed E-state index contributed by atoms with van der Waals surface area (Å²) in [7, 11) is 0. The Labute approximate surface area is 76.4 Å². The minimum atomic E-state index is -1.34. The molecule has 4 N–H and O–H groups in total. The summed E-state index contributed by atoms with van der Waals surface area (Å²) in [6.45, 7) is 0. The first kappa shape index (κ1) is 8.65. The van der Waals surface area contributed by atoms with E-state index in [4.69, 9.17) is 0 Å². The van der Waals surface area contributed by atoms with Crippen LogP contribution in [0.2, 0.25) is 0 Å². The molecule has 0 aliphatic heterocycles. The summed E-state index contributed by atoms with van der Waals surface area (Å²) in [6.07, 6.45) is -2.68. The molecule has 0 spiro atoms. The van der Waals surface area contributed by atoms with Gasteiger partial charge in [0.25, 0.3) is 0 Å². The topological polar surface area (TPSA) is 149 Å². The maximum atomic E-state index is 9.49. The lowest BCUT2D eigenvalue weighted by molar-refractivity contribution is 0.00648. The Morgan fingerprint density at radius 3 is 1.57 bits per heavy atom. The Bertz CT molecular complexity index is 332. The van der Waals surface area contributed by atoms with Crippen LogP contribution in [0.25, 0.3) is 0 Å². The summed E-state index contributed by atoms with van der Waals surface area (Å²) >= 11 is 0. The summed E-state index contributed by atoms with van der Waals surface area (Å²) in [5.74, 6) is -0.0791. The van der Waals surface area contributed by atoms with Crippen LogP contribution in [0.4, 0.5) is 0 Å². The van der Waals surface area contributed by atoms with Gasteiger partial charge in [0, 0.05) is 0 Å². The van der Waals surface area contributed by atoms with Gasteiger partial charge in [-0.2, -0.15) is 10.4 Å². The number of hydrogen-bond donors (Lipinski definition) is 4. The molecule has 2 rings (SSSR count). The van der Waals surface area contributed by atoms with E-state index in [2.05, 4.69) is 41.2 Å². The van der Waals surface area contributed by atoms with Crippen molar-refractivity contribution in [3.63, 3.8) is 0 Å². The van der Waals surface area contributed by atoms with Crippen molar-refractivity contribution in [2.45, 2.75) is 12.2 Å². The molecule has 0 bridgehead atoms. The van der Waals surface area contributed by atoms with Crippen LogP contribution in [0, 0.1) is 0 Å². The number of aromatic amines is 2. The Morgan fingerprint density at radius 2 is 1.29 bits per heavy atom. The molecule has 0 saturated heterocycles. The van der Waals surface area contributed by atoms with E-state index in [0.29, 0.717) is 0 Å². The zero-order valence-corrected chi connectivity index (χ0v) is 6.73. The van der Waals surface area contributed by atoms with Crippen LogP contribution in [0.5, 0.6) is 0 Å². The number of nitrogens with zero attached hydrogens (tertiary/aromatic N) is 6. The van der Waals surface area contributed by atoms with E-state index < -0.39 is 12.2 Å². The fourth-order valence-corrected chi connectivity index (χ4v) is 0.872. The minimum Gasteiger partial charge on any atom is -0.382 e. The standard InChI is InChI=1S/C4H6N8O2/c13-1(3-5-9-10-6-3)2(14)4-7-11-12-8-4/h1-2,13-14H,(H,5,6,9,10)(H,7,8,11,12)/t1-,2-/m1/s1. The average Bonchev–Trinajstić information content (AvgIpc) is 2.87. The van der Waals surface area contributed by atoms with Crippen molar-refractivity contribution in [3.8, 4) is 0 Å². The molecule has 2 aromatic rings. The lowest BCUT2D eigenvalue weighted by atomic mass is 10.2. The smallest absolute Gasteiger partial charge is 0.206 e. The maximum Gasteiger partial charge on any atom is 0.206 e. The van der Waals surface area contributed by atoms with Gasteiger partial charge in [-0.1, -0.05) is 10.4 Å². The average molecular weight is 198 g/mol. The van der Waals surface area contributed by atoms with Gasteiger partial charge in [-0.25, -0.2) is 0 Å². The molecule has 10 nitrogen and oxygen atoms in total. The van der Waals surface area contributed by atoms with Gasteiger partial charge in [-0.3, -0.25) is 0 Å². The summed E-state index contributed by atoms with van der Waals surface area (Å²) in [5.41, 5.74) is 0. The van der Waals surface area contributed by atoms with Gasteiger partial charge < -0.3 is 10.2 Å². The van der Waals surface area contributed by atoms with Crippen molar-refractivity contribution in [2.24, 2.45) is 0 Å². The summed E-state index contributed by atoms with van der Waals surface area (Å²) in [6, 6.07) is 0. The molecule has 2 aromatic heterocycles. The largest absolute Gasteiger partial charge is 0.382 e. The number of tetrazole rings is 2. The normalized spacial score (nSPS) is 15.3. The van der Waals surface area contributed by atoms with Crippen LogP contribution < -0.4 is 0 Å². The summed E-state index contributed by atoms with van der Waals surface area (Å²) in [5, 5.41) is 43.8. The second-order valence-corrected chi connectivity index (χ2v) is 2.43. The quantitative estimate of drug-likeness (QED) is 0.422. The van der Waals surface area contributed by atoms with Crippen molar-refractivity contribution in [1.29, 1.82) is 0 Å². The number of hydrogen-bond acceptors (Lipinski definition) is 8. The second-order valence-electron chi connectivity index (χ2n) is 2.43. The van der Waals surface area contributed by atoms with Crippen molar-refractivity contribution in [1.82, 2.24) is 41.2 Å². The lowest BCUT2D eigenvalue weighted by Gasteiger charge is -2.09. The third-order valence-electron chi connectivity index (χ3n) is 1.55. The number of nitrogens with one attached hydrogen (secondary N) is 2. The first-order valence-electron chi connectivity index (χ1n) is 3.62. The Hall–Kier alpha value is -1.94. The zero-order chi connectivity index (χ0) is 9.97. The Morgan fingerprint density at radius 1 is 0.857 bits per heavy atom. The van der Waals surface area contributed by atoms with Crippen LogP contribution in [0.15, 0.2) is 0 Å². The van der Waals surface area contributed by atoms with Crippen LogP contribution in [-0.2, 0) is 0 Å². The Balaban J connectivity index is 2.16. The van der Waals surface area contributed by atoms with E-state index >= 15 is 0 Å². The highest BCUT2D eigenvalue weighted by Crippen LogP contribution is 2.21. The fraction of sp³-hybridized carbons (Fsp3) is 0.500. The lowest BCUT2D eigenvalue weighted by Crippen LogP contribution is -2.13. The highest BCUT2D eigenvalue weighted by molar-refractivity contribution is 4.96. The van der Waals surface area contributed by atoms with E-state index in [0.717, 1.165) is 0 Å². The molecule has 14 heavy (non-hydrogen) atoms. The molecular formula is C4H6N8O2. The molecule has 74 valence electrons. The SMILES string of the molecule is O[C@@H](c1nn[nH]n1)[C@@H](O)c1nn[nH]n1. The van der Waals surface area contributed by atoms with Crippen molar-refractivity contribution in [2.75, 3.05) is 0 Å². The zero-order valence-electron chi connectivity index (χ0n) is 6.73. The molecule has 2 heterocycles. The number of aliphatic hydroxyl groups excluding tert-OH is 2. The monoisotopic (exact) mass is 198 g/mol. The Kier molecular flexibility index (Phi) is 2.12. The van der Waals surface area contributed by atoms with E-state index in [1.54, 1.807) is 0 Å². The van der Waals surface area contributed by atoms with Gasteiger partial charge in [0.1, 0.15) is 0 Å². The highest BCUT2D eigenvalue weighted by atomic mass is 16.3. The molecular weight excluding hydrogens is 192 g/mol. The van der Waals surface area contributed by atoms with Gasteiger partial charge in [0.2, 0.25) is 11.6 Å². The predicted molar refractivity (Wildman–Crippen MR) is 38.3 cm³/mol. The number of aliphatic hydroxyl groups is 2. The number of aromatic nitrogens is 8. The third kappa shape index (κ3) is 1.43. The molecule has 0 saturated carbocycles. The van der Waals surface area contributed by atoms with Crippen molar-refractivity contribution in [3.05, 3.63) is 11.6 Å². The maximum absolute atomic E-state index is 9.49. The van der Waals surface area contributed by atoms with E-state index in [1.807, 2.05) is 0 Å². The number of rotatable bonds is 3. The molecule has 0 aliphatic carbocycles. The van der Waals surface area contributed by atoms with Crippen LogP contribution in [0.3, 0.4) is 0 Å². The molecule has 0 unspecified atom stereocenters. The van der Waals surface area contributed by atoms with Crippen molar-refractivity contribution < 1.29 is 10.2 Å². The summed E-state index contributed by atoms with van der Waals surface area (Å²) in [4.78, 5) is 0. The first-order valence-corrected chi connectivity index (χ1v) is 3.62. The number of H-pyrrole nitrogens is 2. The van der Waals surface area contributed by atoms with Crippen molar-refractivity contribution >= 4 is 0 Å². The van der Waals surface area contributed by atoms with Crippen LogP contribution >= 0.6 is 0 Å². The fourth-order valence-electron chi connectivity index (χ4n) is 0.872.